The summed E-state index contributed by atoms with van der Waals surface area (Å²) in [5.41, 5.74) is -0.0274. The lowest BCUT2D eigenvalue weighted by atomic mass is 10.1. The van der Waals surface area contributed by atoms with Gasteiger partial charge in [0.15, 0.2) is 0 Å². The first kappa shape index (κ1) is 16.4. The van der Waals surface area contributed by atoms with Crippen molar-refractivity contribution in [3.8, 4) is 0 Å². The van der Waals surface area contributed by atoms with Gasteiger partial charge in [0.25, 0.3) is 0 Å². The van der Waals surface area contributed by atoms with Crippen LogP contribution in [0.3, 0.4) is 0 Å². The predicted octanol–water partition coefficient (Wildman–Crippen LogP) is 1.70. The molecular formula is C13H19F2NO2S. The molecule has 0 amide bonds. The van der Waals surface area contributed by atoms with Crippen LogP contribution in [0.2, 0.25) is 0 Å². The van der Waals surface area contributed by atoms with Crippen molar-refractivity contribution in [3.63, 3.8) is 0 Å². The van der Waals surface area contributed by atoms with E-state index in [0.717, 1.165) is 36.1 Å². The van der Waals surface area contributed by atoms with Gasteiger partial charge in [0.05, 0.1) is 6.10 Å². The van der Waals surface area contributed by atoms with Gasteiger partial charge in [-0.3, -0.25) is 0 Å². The van der Waals surface area contributed by atoms with Crippen molar-refractivity contribution in [2.24, 2.45) is 0 Å². The van der Waals surface area contributed by atoms with E-state index in [0.29, 0.717) is 6.54 Å². The van der Waals surface area contributed by atoms with Gasteiger partial charge in [-0.1, -0.05) is 0 Å². The smallest absolute Gasteiger partial charge is 0.129 e. The SMILES string of the molecule is OCCCSCCNCC(O)c1cc(F)ccc1F. The molecule has 1 aromatic rings. The molecule has 0 fully saturated rings. The van der Waals surface area contributed by atoms with Crippen LogP contribution in [-0.4, -0.2) is 41.4 Å². The fourth-order valence-corrected chi connectivity index (χ4v) is 2.36. The van der Waals surface area contributed by atoms with Gasteiger partial charge in [0.2, 0.25) is 0 Å². The summed E-state index contributed by atoms with van der Waals surface area (Å²) in [5, 5.41) is 21.3. The van der Waals surface area contributed by atoms with Crippen LogP contribution < -0.4 is 5.32 Å². The number of rotatable bonds is 9. The van der Waals surface area contributed by atoms with Crippen molar-refractivity contribution in [3.05, 3.63) is 35.4 Å². The highest BCUT2D eigenvalue weighted by Gasteiger charge is 2.13. The van der Waals surface area contributed by atoms with Crippen LogP contribution in [0.25, 0.3) is 0 Å². The number of thioether (sulfide) groups is 1. The molecule has 3 N–H and O–H groups in total. The molecule has 0 aromatic heterocycles. The standard InChI is InChI=1S/C13H19F2NO2S/c14-10-2-3-12(15)11(8-10)13(18)9-16-4-7-19-6-1-5-17/h2-3,8,13,16-18H,1,4-7,9H2. The molecule has 1 unspecified atom stereocenters. The van der Waals surface area contributed by atoms with E-state index in [-0.39, 0.29) is 18.7 Å². The average molecular weight is 291 g/mol. The molecule has 0 bridgehead atoms. The molecule has 3 nitrogen and oxygen atoms in total. The maximum absolute atomic E-state index is 13.4. The van der Waals surface area contributed by atoms with E-state index in [1.165, 1.54) is 0 Å². The van der Waals surface area contributed by atoms with E-state index in [9.17, 15) is 13.9 Å². The first-order valence-corrected chi connectivity index (χ1v) is 7.33. The lowest BCUT2D eigenvalue weighted by Crippen LogP contribution is -2.24. The van der Waals surface area contributed by atoms with Crippen molar-refractivity contribution < 1.29 is 19.0 Å². The van der Waals surface area contributed by atoms with Gasteiger partial charge in [-0.05, 0) is 30.4 Å². The minimum atomic E-state index is -1.06. The van der Waals surface area contributed by atoms with E-state index < -0.39 is 17.7 Å². The van der Waals surface area contributed by atoms with Gasteiger partial charge < -0.3 is 15.5 Å². The lowest BCUT2D eigenvalue weighted by Gasteiger charge is -2.13. The highest BCUT2D eigenvalue weighted by Crippen LogP contribution is 2.17. The number of halogens is 2. The molecular weight excluding hydrogens is 272 g/mol. The maximum Gasteiger partial charge on any atom is 0.129 e. The van der Waals surface area contributed by atoms with Crippen molar-refractivity contribution in [1.82, 2.24) is 5.32 Å². The lowest BCUT2D eigenvalue weighted by molar-refractivity contribution is 0.170. The Morgan fingerprint density at radius 3 is 2.79 bits per heavy atom. The summed E-state index contributed by atoms with van der Waals surface area (Å²) >= 11 is 1.69. The molecule has 0 radical (unpaired) electrons. The van der Waals surface area contributed by atoms with Crippen molar-refractivity contribution >= 4 is 11.8 Å². The molecule has 0 saturated carbocycles. The highest BCUT2D eigenvalue weighted by molar-refractivity contribution is 7.99. The number of hydrogen-bond acceptors (Lipinski definition) is 4. The number of nitrogens with one attached hydrogen (secondary N) is 1. The molecule has 0 heterocycles. The second-order valence-electron chi connectivity index (χ2n) is 4.08. The van der Waals surface area contributed by atoms with Gasteiger partial charge in [-0.25, -0.2) is 8.78 Å². The zero-order chi connectivity index (χ0) is 14.1. The van der Waals surface area contributed by atoms with Crippen LogP contribution in [-0.2, 0) is 0 Å². The third-order valence-corrected chi connectivity index (χ3v) is 3.59. The predicted molar refractivity (Wildman–Crippen MR) is 73.2 cm³/mol. The third kappa shape index (κ3) is 6.33. The Labute approximate surface area is 116 Å². The molecule has 0 saturated heterocycles. The van der Waals surface area contributed by atoms with E-state index in [4.69, 9.17) is 5.11 Å². The quantitative estimate of drug-likeness (QED) is 0.606. The van der Waals surface area contributed by atoms with Gasteiger partial charge >= 0.3 is 0 Å². The normalized spacial score (nSPS) is 12.6. The third-order valence-electron chi connectivity index (χ3n) is 2.52. The van der Waals surface area contributed by atoms with E-state index in [1.807, 2.05) is 0 Å². The zero-order valence-electron chi connectivity index (χ0n) is 10.6. The molecule has 0 spiro atoms. The van der Waals surface area contributed by atoms with Crippen LogP contribution in [0.5, 0.6) is 0 Å². The average Bonchev–Trinajstić information content (AvgIpc) is 2.40. The van der Waals surface area contributed by atoms with Crippen molar-refractivity contribution in [2.45, 2.75) is 12.5 Å². The number of hydrogen-bond donors (Lipinski definition) is 3. The molecule has 0 aliphatic carbocycles. The topological polar surface area (TPSA) is 52.5 Å². The Morgan fingerprint density at radius 1 is 1.26 bits per heavy atom. The van der Waals surface area contributed by atoms with Gasteiger partial charge in [0, 0.05) is 31.0 Å². The Balaban J connectivity index is 2.23. The Hall–Kier alpha value is -0.690. The largest absolute Gasteiger partial charge is 0.396 e. The van der Waals surface area contributed by atoms with Crippen LogP contribution in [0.15, 0.2) is 18.2 Å². The molecule has 0 aliphatic rings. The van der Waals surface area contributed by atoms with Gasteiger partial charge in [-0.2, -0.15) is 11.8 Å². The van der Waals surface area contributed by atoms with Crippen LogP contribution in [0.4, 0.5) is 8.78 Å². The second kappa shape index (κ2) is 9.25. The zero-order valence-corrected chi connectivity index (χ0v) is 11.4. The summed E-state index contributed by atoms with van der Waals surface area (Å²) in [7, 11) is 0. The fourth-order valence-electron chi connectivity index (χ4n) is 1.53. The first-order valence-electron chi connectivity index (χ1n) is 6.17. The molecule has 1 rings (SSSR count). The van der Waals surface area contributed by atoms with Crippen molar-refractivity contribution in [2.75, 3.05) is 31.2 Å². The Morgan fingerprint density at radius 2 is 2.05 bits per heavy atom. The molecule has 1 aromatic carbocycles. The highest BCUT2D eigenvalue weighted by atomic mass is 32.2. The minimum Gasteiger partial charge on any atom is -0.396 e. The van der Waals surface area contributed by atoms with Crippen molar-refractivity contribution in [1.29, 1.82) is 0 Å². The maximum atomic E-state index is 13.4. The minimum absolute atomic E-state index is 0.0274. The number of aliphatic hydroxyl groups excluding tert-OH is 2. The Kier molecular flexibility index (Phi) is 7.97. The summed E-state index contributed by atoms with van der Waals surface area (Å²) in [6.45, 7) is 1.04. The summed E-state index contributed by atoms with van der Waals surface area (Å²) in [5.74, 6) is 0.570. The molecule has 1 atom stereocenters. The van der Waals surface area contributed by atoms with Crippen LogP contribution in [0, 0.1) is 11.6 Å². The van der Waals surface area contributed by atoms with Crippen LogP contribution in [0.1, 0.15) is 18.1 Å². The fraction of sp³-hybridized carbons (Fsp3) is 0.538. The summed E-state index contributed by atoms with van der Waals surface area (Å²) in [6.07, 6.45) is -0.292. The van der Waals surface area contributed by atoms with Gasteiger partial charge in [0.1, 0.15) is 11.6 Å². The summed E-state index contributed by atoms with van der Waals surface area (Å²) in [6, 6.07) is 3.05. The molecule has 108 valence electrons. The van der Waals surface area contributed by atoms with Crippen LogP contribution >= 0.6 is 11.8 Å². The molecule has 6 heteroatoms. The van der Waals surface area contributed by atoms with E-state index >= 15 is 0 Å². The summed E-state index contributed by atoms with van der Waals surface area (Å²) in [4.78, 5) is 0. The monoisotopic (exact) mass is 291 g/mol. The van der Waals surface area contributed by atoms with E-state index in [1.54, 1.807) is 11.8 Å². The molecule has 19 heavy (non-hydrogen) atoms. The number of aliphatic hydroxyl groups is 2. The number of benzene rings is 1. The molecule has 0 aliphatic heterocycles. The summed E-state index contributed by atoms with van der Waals surface area (Å²) < 4.78 is 26.3. The Bertz CT molecular complexity index is 380. The second-order valence-corrected chi connectivity index (χ2v) is 5.30. The first-order chi connectivity index (χ1) is 9.15. The van der Waals surface area contributed by atoms with Gasteiger partial charge in [-0.15, -0.1) is 0 Å². The van der Waals surface area contributed by atoms with E-state index in [2.05, 4.69) is 5.32 Å².